The molecule has 186 valence electrons. The molecular formula is C23H15Cl4N3O5S. The molecule has 3 rings (SSSR count). The molecule has 8 nitrogen and oxygen atoms in total. The molecule has 5 N–H and O–H groups in total. The van der Waals surface area contributed by atoms with Crippen LogP contribution < -0.4 is 16.4 Å². The highest BCUT2D eigenvalue weighted by Crippen LogP contribution is 2.41. The average Bonchev–Trinajstić information content (AvgIpc) is 2.84. The van der Waals surface area contributed by atoms with Gasteiger partial charge in [0.2, 0.25) is 11.8 Å². The van der Waals surface area contributed by atoms with Crippen molar-refractivity contribution in [1.29, 1.82) is 0 Å². The van der Waals surface area contributed by atoms with E-state index in [0.29, 0.717) is 16.9 Å². The number of hydrogen-bond acceptors (Lipinski definition) is 5. The number of benzene rings is 3. The molecule has 13 heteroatoms. The number of halogens is 4. The van der Waals surface area contributed by atoms with Gasteiger partial charge in [0.05, 0.1) is 37.0 Å². The fourth-order valence-electron chi connectivity index (χ4n) is 2.94. The summed E-state index contributed by atoms with van der Waals surface area (Å²) in [6, 6.07) is 12.6. The summed E-state index contributed by atoms with van der Waals surface area (Å²) in [4.78, 5) is 48.5. The second-order valence-corrected chi connectivity index (χ2v) is 9.63. The molecule has 0 spiro atoms. The normalized spacial score (nSPS) is 10.6. The third-order valence-electron chi connectivity index (χ3n) is 4.64. The highest BCUT2D eigenvalue weighted by atomic mass is 35.5. The Bertz CT molecular complexity index is 1370. The number of nitrogens with one attached hydrogen (secondary N) is 2. The Morgan fingerprint density at radius 3 is 1.78 bits per heavy atom. The van der Waals surface area contributed by atoms with E-state index in [4.69, 9.17) is 52.1 Å². The first kappa shape index (κ1) is 27.6. The number of amides is 3. The van der Waals surface area contributed by atoms with Gasteiger partial charge in [-0.15, -0.1) is 11.8 Å². The third-order valence-corrected chi connectivity index (χ3v) is 7.46. The van der Waals surface area contributed by atoms with Crippen molar-refractivity contribution in [2.75, 3.05) is 16.4 Å². The Balaban J connectivity index is 1.64. The van der Waals surface area contributed by atoms with E-state index in [1.165, 1.54) is 23.9 Å². The molecule has 3 amide bonds. The molecule has 36 heavy (non-hydrogen) atoms. The lowest BCUT2D eigenvalue weighted by molar-refractivity contribution is -0.113. The number of nitrogens with two attached hydrogens (primary N) is 1. The van der Waals surface area contributed by atoms with Crippen LogP contribution in [0, 0.1) is 0 Å². The number of anilines is 2. The maximum Gasteiger partial charge on any atom is 0.338 e. The summed E-state index contributed by atoms with van der Waals surface area (Å²) < 4.78 is 0. The van der Waals surface area contributed by atoms with Crippen LogP contribution in [-0.4, -0.2) is 34.6 Å². The van der Waals surface area contributed by atoms with Gasteiger partial charge < -0.3 is 21.5 Å². The summed E-state index contributed by atoms with van der Waals surface area (Å²) in [5.41, 5.74) is 5.37. The van der Waals surface area contributed by atoms with Crippen LogP contribution in [0.25, 0.3) is 0 Å². The smallest absolute Gasteiger partial charge is 0.338 e. The van der Waals surface area contributed by atoms with Crippen molar-refractivity contribution in [1.82, 2.24) is 0 Å². The van der Waals surface area contributed by atoms with E-state index in [0.717, 1.165) is 4.90 Å². The number of primary amides is 1. The fourth-order valence-corrected chi connectivity index (χ4v) is 4.66. The van der Waals surface area contributed by atoms with Crippen LogP contribution in [-0.2, 0) is 4.79 Å². The molecule has 3 aromatic rings. The van der Waals surface area contributed by atoms with Gasteiger partial charge >= 0.3 is 5.97 Å². The van der Waals surface area contributed by atoms with Gasteiger partial charge in [-0.1, -0.05) is 46.4 Å². The number of carboxylic acids is 1. The summed E-state index contributed by atoms with van der Waals surface area (Å²) in [5, 5.41) is 13.5. The number of rotatable bonds is 8. The summed E-state index contributed by atoms with van der Waals surface area (Å²) in [6.07, 6.45) is 0. The molecule has 0 aliphatic rings. The van der Waals surface area contributed by atoms with Gasteiger partial charge in [-0.25, -0.2) is 4.79 Å². The van der Waals surface area contributed by atoms with Gasteiger partial charge in [0.15, 0.2) is 0 Å². The Labute approximate surface area is 229 Å². The monoisotopic (exact) mass is 585 g/mol. The number of carbonyl (C=O) groups is 4. The lowest BCUT2D eigenvalue weighted by Gasteiger charge is -2.14. The molecule has 0 radical (unpaired) electrons. The SMILES string of the molecule is NC(=O)c1ccc(NC(=O)CSc2ccc(NC(=O)c3c(Cl)c(Cl)c(Cl)c(Cl)c3C(=O)O)cc2)cc1. The van der Waals surface area contributed by atoms with E-state index in [-0.39, 0.29) is 26.7 Å². The minimum Gasteiger partial charge on any atom is -0.478 e. The Hall–Kier alpha value is -2.95. The first-order chi connectivity index (χ1) is 17.0. The second kappa shape index (κ2) is 11.9. The number of aromatic carboxylic acids is 1. The van der Waals surface area contributed by atoms with Crippen LogP contribution in [0.1, 0.15) is 31.1 Å². The topological polar surface area (TPSA) is 139 Å². The van der Waals surface area contributed by atoms with E-state index >= 15 is 0 Å². The standard InChI is InChI=1S/C23H15Cl4N3O5S/c24-17-15(16(23(34)35)18(25)20(27)19(17)26)22(33)30-12-5-7-13(8-6-12)36-9-14(31)29-11-3-1-10(2-4-11)21(28)32/h1-8H,9H2,(H2,28,32)(H,29,31)(H,30,33)(H,34,35). The number of hydrogen-bond donors (Lipinski definition) is 4. The number of carboxylic acid groups (broad SMARTS) is 1. The minimum atomic E-state index is -1.50. The summed E-state index contributed by atoms with van der Waals surface area (Å²) in [7, 11) is 0. The van der Waals surface area contributed by atoms with Crippen molar-refractivity contribution >= 4 is 93.2 Å². The number of carbonyl (C=O) groups excluding carboxylic acids is 3. The van der Waals surface area contributed by atoms with Crippen LogP contribution in [0.3, 0.4) is 0 Å². The molecule has 0 aromatic heterocycles. The predicted octanol–water partition coefficient (Wildman–Crippen LogP) is 6.08. The van der Waals surface area contributed by atoms with Crippen molar-refractivity contribution in [2.24, 2.45) is 5.73 Å². The summed E-state index contributed by atoms with van der Waals surface area (Å²) in [5.74, 6) is -3.08. The molecule has 0 aliphatic carbocycles. The van der Waals surface area contributed by atoms with Gasteiger partial charge in [-0.2, -0.15) is 0 Å². The van der Waals surface area contributed by atoms with Crippen LogP contribution in [0.2, 0.25) is 20.1 Å². The predicted molar refractivity (Wildman–Crippen MR) is 142 cm³/mol. The average molecular weight is 587 g/mol. The highest BCUT2D eigenvalue weighted by molar-refractivity contribution is 8.00. The molecule has 0 aliphatic heterocycles. The van der Waals surface area contributed by atoms with Crippen LogP contribution in [0.15, 0.2) is 53.4 Å². The molecule has 0 fully saturated rings. The molecule has 0 heterocycles. The van der Waals surface area contributed by atoms with Gasteiger partial charge in [0.25, 0.3) is 5.91 Å². The second-order valence-electron chi connectivity index (χ2n) is 7.07. The van der Waals surface area contributed by atoms with E-state index in [2.05, 4.69) is 10.6 Å². The summed E-state index contributed by atoms with van der Waals surface area (Å²) >= 11 is 25.2. The highest BCUT2D eigenvalue weighted by Gasteiger charge is 2.28. The third kappa shape index (κ3) is 6.43. The first-order valence-electron chi connectivity index (χ1n) is 9.82. The van der Waals surface area contributed by atoms with Crippen LogP contribution in [0.4, 0.5) is 11.4 Å². The van der Waals surface area contributed by atoms with E-state index in [1.807, 2.05) is 0 Å². The maximum atomic E-state index is 12.8. The van der Waals surface area contributed by atoms with E-state index < -0.39 is 33.9 Å². The zero-order valence-corrected chi connectivity index (χ0v) is 21.7. The summed E-state index contributed by atoms with van der Waals surface area (Å²) in [6.45, 7) is 0. The molecule has 0 saturated heterocycles. The van der Waals surface area contributed by atoms with Gasteiger partial charge in [-0.3, -0.25) is 14.4 Å². The molecule has 3 aromatic carbocycles. The maximum absolute atomic E-state index is 12.8. The Kier molecular flexibility index (Phi) is 9.10. The Morgan fingerprint density at radius 2 is 1.25 bits per heavy atom. The van der Waals surface area contributed by atoms with Crippen molar-refractivity contribution in [3.63, 3.8) is 0 Å². The largest absolute Gasteiger partial charge is 0.478 e. The van der Waals surface area contributed by atoms with Crippen molar-refractivity contribution in [3.8, 4) is 0 Å². The van der Waals surface area contributed by atoms with E-state index in [1.54, 1.807) is 36.4 Å². The molecule has 0 bridgehead atoms. The van der Waals surface area contributed by atoms with Gasteiger partial charge in [0.1, 0.15) is 0 Å². The van der Waals surface area contributed by atoms with Crippen molar-refractivity contribution in [2.45, 2.75) is 4.90 Å². The minimum absolute atomic E-state index is 0.0998. The molecule has 0 saturated carbocycles. The van der Waals surface area contributed by atoms with Gasteiger partial charge in [-0.05, 0) is 48.5 Å². The molecular weight excluding hydrogens is 572 g/mol. The molecule has 0 unspecified atom stereocenters. The fraction of sp³-hybridized carbons (Fsp3) is 0.0435. The zero-order valence-electron chi connectivity index (χ0n) is 17.9. The van der Waals surface area contributed by atoms with Crippen LogP contribution >= 0.6 is 58.2 Å². The quantitative estimate of drug-likeness (QED) is 0.143. The Morgan fingerprint density at radius 1 is 0.750 bits per heavy atom. The molecule has 0 atom stereocenters. The zero-order chi connectivity index (χ0) is 26.6. The van der Waals surface area contributed by atoms with Gasteiger partial charge in [0, 0.05) is 21.8 Å². The van der Waals surface area contributed by atoms with Crippen molar-refractivity contribution in [3.05, 3.63) is 85.3 Å². The first-order valence-corrected chi connectivity index (χ1v) is 12.3. The van der Waals surface area contributed by atoms with Crippen LogP contribution in [0.5, 0.6) is 0 Å². The lowest BCUT2D eigenvalue weighted by atomic mass is 10.1. The van der Waals surface area contributed by atoms with E-state index in [9.17, 15) is 24.3 Å². The number of thioether (sulfide) groups is 1. The van der Waals surface area contributed by atoms with Crippen molar-refractivity contribution < 1.29 is 24.3 Å². The lowest BCUT2D eigenvalue weighted by Crippen LogP contribution is -2.18.